The number of anilines is 1. The summed E-state index contributed by atoms with van der Waals surface area (Å²) in [7, 11) is 4.07. The molecule has 2 rings (SSSR count). The van der Waals surface area contributed by atoms with Crippen LogP contribution in [0.3, 0.4) is 0 Å². The molecule has 5 heteroatoms. The summed E-state index contributed by atoms with van der Waals surface area (Å²) in [6.45, 7) is 2.30. The molecule has 1 heterocycles. The Hall–Kier alpha value is -1.21. The van der Waals surface area contributed by atoms with E-state index in [9.17, 15) is 0 Å². The minimum atomic E-state index is 0.684. The van der Waals surface area contributed by atoms with Crippen molar-refractivity contribution in [1.82, 2.24) is 4.90 Å². The maximum absolute atomic E-state index is 5.65. The summed E-state index contributed by atoms with van der Waals surface area (Å²) in [6.07, 6.45) is 0. The summed E-state index contributed by atoms with van der Waals surface area (Å²) in [5.74, 6) is 1.82. The SMILES string of the molecule is CN(C)CCOc1ccc(NCc2ccc(I)o2)cc1. The van der Waals surface area contributed by atoms with Crippen molar-refractivity contribution < 1.29 is 9.15 Å². The number of nitrogens with one attached hydrogen (secondary N) is 1. The van der Waals surface area contributed by atoms with Crippen LogP contribution in [-0.2, 0) is 6.54 Å². The van der Waals surface area contributed by atoms with Gasteiger partial charge in [0.2, 0.25) is 0 Å². The van der Waals surface area contributed by atoms with Crippen molar-refractivity contribution in [2.75, 3.05) is 32.6 Å². The Labute approximate surface area is 133 Å². The van der Waals surface area contributed by atoms with Gasteiger partial charge in [0, 0.05) is 12.2 Å². The minimum Gasteiger partial charge on any atom is -0.492 e. The second-order valence-electron chi connectivity index (χ2n) is 4.74. The van der Waals surface area contributed by atoms with Gasteiger partial charge in [0.15, 0.2) is 3.77 Å². The molecule has 0 unspecified atom stereocenters. The second kappa shape index (κ2) is 7.54. The zero-order valence-electron chi connectivity index (χ0n) is 11.7. The van der Waals surface area contributed by atoms with Crippen LogP contribution in [0.1, 0.15) is 5.76 Å². The Kier molecular flexibility index (Phi) is 5.72. The lowest BCUT2D eigenvalue weighted by atomic mass is 10.3. The van der Waals surface area contributed by atoms with Crippen LogP contribution < -0.4 is 10.1 Å². The van der Waals surface area contributed by atoms with Gasteiger partial charge in [-0.2, -0.15) is 0 Å². The van der Waals surface area contributed by atoms with Crippen molar-refractivity contribution in [2.24, 2.45) is 0 Å². The lowest BCUT2D eigenvalue weighted by Gasteiger charge is -2.11. The Balaban J connectivity index is 1.79. The zero-order valence-corrected chi connectivity index (χ0v) is 13.9. The zero-order chi connectivity index (χ0) is 14.4. The Morgan fingerprint density at radius 3 is 2.50 bits per heavy atom. The molecule has 0 atom stereocenters. The molecule has 0 aliphatic carbocycles. The largest absolute Gasteiger partial charge is 0.492 e. The van der Waals surface area contributed by atoms with Crippen LogP contribution in [0.2, 0.25) is 0 Å². The van der Waals surface area contributed by atoms with Crippen LogP contribution in [0.4, 0.5) is 5.69 Å². The molecule has 0 amide bonds. The Bertz CT molecular complexity index is 523. The van der Waals surface area contributed by atoms with E-state index in [2.05, 4.69) is 32.8 Å². The summed E-state index contributed by atoms with van der Waals surface area (Å²) in [4.78, 5) is 2.10. The van der Waals surface area contributed by atoms with Crippen molar-refractivity contribution in [1.29, 1.82) is 0 Å². The van der Waals surface area contributed by atoms with Crippen LogP contribution >= 0.6 is 22.6 Å². The molecule has 2 aromatic rings. The molecular weight excluding hydrogens is 367 g/mol. The van der Waals surface area contributed by atoms with Crippen LogP contribution in [-0.4, -0.2) is 32.1 Å². The average Bonchev–Trinajstić information content (AvgIpc) is 2.83. The highest BCUT2D eigenvalue weighted by Gasteiger charge is 2.00. The van der Waals surface area contributed by atoms with Gasteiger partial charge in [-0.3, -0.25) is 0 Å². The van der Waals surface area contributed by atoms with Crippen molar-refractivity contribution in [3.8, 4) is 5.75 Å². The van der Waals surface area contributed by atoms with E-state index in [4.69, 9.17) is 9.15 Å². The number of halogens is 1. The third kappa shape index (κ3) is 5.05. The van der Waals surface area contributed by atoms with Gasteiger partial charge in [0.05, 0.1) is 6.54 Å². The average molecular weight is 386 g/mol. The van der Waals surface area contributed by atoms with E-state index >= 15 is 0 Å². The molecular formula is C15H19IN2O2. The van der Waals surface area contributed by atoms with Crippen molar-refractivity contribution in [2.45, 2.75) is 6.54 Å². The standard InChI is InChI=1S/C15H19IN2O2/c1-18(2)9-10-19-13-5-3-12(4-6-13)17-11-14-7-8-15(16)20-14/h3-8,17H,9-11H2,1-2H3. The van der Waals surface area contributed by atoms with Crippen molar-refractivity contribution >= 4 is 28.3 Å². The number of hydrogen-bond acceptors (Lipinski definition) is 4. The summed E-state index contributed by atoms with van der Waals surface area (Å²) < 4.78 is 12.1. The van der Waals surface area contributed by atoms with Crippen molar-refractivity contribution in [3.63, 3.8) is 0 Å². The molecule has 1 aromatic heterocycles. The fraction of sp³-hybridized carbons (Fsp3) is 0.333. The molecule has 0 saturated carbocycles. The fourth-order valence-corrected chi connectivity index (χ4v) is 2.11. The Morgan fingerprint density at radius 2 is 1.90 bits per heavy atom. The van der Waals surface area contributed by atoms with Crippen molar-refractivity contribution in [3.05, 3.63) is 45.9 Å². The maximum Gasteiger partial charge on any atom is 0.164 e. The summed E-state index contributed by atoms with van der Waals surface area (Å²) >= 11 is 2.16. The van der Waals surface area contributed by atoms with E-state index in [1.807, 2.05) is 50.5 Å². The van der Waals surface area contributed by atoms with Crippen LogP contribution in [0.25, 0.3) is 0 Å². The van der Waals surface area contributed by atoms with Gasteiger partial charge in [0.25, 0.3) is 0 Å². The number of ether oxygens (including phenoxy) is 1. The molecule has 0 saturated heterocycles. The van der Waals surface area contributed by atoms with E-state index in [0.717, 1.165) is 27.5 Å². The topological polar surface area (TPSA) is 37.6 Å². The molecule has 0 aliphatic heterocycles. The van der Waals surface area contributed by atoms with E-state index in [1.165, 1.54) is 0 Å². The molecule has 0 bridgehead atoms. The smallest absolute Gasteiger partial charge is 0.164 e. The summed E-state index contributed by atoms with van der Waals surface area (Å²) in [5, 5.41) is 3.31. The van der Waals surface area contributed by atoms with E-state index in [1.54, 1.807) is 0 Å². The summed E-state index contributed by atoms with van der Waals surface area (Å²) in [6, 6.07) is 11.9. The molecule has 0 radical (unpaired) electrons. The normalized spacial score (nSPS) is 10.8. The quantitative estimate of drug-likeness (QED) is 0.740. The predicted molar refractivity (Wildman–Crippen MR) is 89.2 cm³/mol. The monoisotopic (exact) mass is 386 g/mol. The number of rotatable bonds is 7. The molecule has 1 N–H and O–H groups in total. The highest BCUT2D eigenvalue weighted by Crippen LogP contribution is 2.17. The molecule has 0 aliphatic rings. The van der Waals surface area contributed by atoms with Gasteiger partial charge in [-0.05, 0) is 73.1 Å². The first-order valence-corrected chi connectivity index (χ1v) is 7.57. The summed E-state index contributed by atoms with van der Waals surface area (Å²) in [5.41, 5.74) is 1.05. The third-order valence-corrected chi connectivity index (χ3v) is 3.34. The molecule has 20 heavy (non-hydrogen) atoms. The third-order valence-electron chi connectivity index (χ3n) is 2.76. The lowest BCUT2D eigenvalue weighted by molar-refractivity contribution is 0.261. The second-order valence-corrected chi connectivity index (χ2v) is 5.80. The van der Waals surface area contributed by atoms with Crippen LogP contribution in [0, 0.1) is 3.77 Å². The minimum absolute atomic E-state index is 0.684. The van der Waals surface area contributed by atoms with Crippen LogP contribution in [0.5, 0.6) is 5.75 Å². The first-order valence-electron chi connectivity index (χ1n) is 6.49. The predicted octanol–water partition coefficient (Wildman–Crippen LogP) is 3.44. The first kappa shape index (κ1) is 15.2. The van der Waals surface area contributed by atoms with Gasteiger partial charge in [-0.15, -0.1) is 0 Å². The number of likely N-dealkylation sites (N-methyl/N-ethyl adjacent to an activating group) is 1. The van der Waals surface area contributed by atoms with Crippen LogP contribution in [0.15, 0.2) is 40.8 Å². The number of hydrogen-bond donors (Lipinski definition) is 1. The van der Waals surface area contributed by atoms with Gasteiger partial charge in [-0.25, -0.2) is 0 Å². The number of benzene rings is 1. The highest BCUT2D eigenvalue weighted by atomic mass is 127. The lowest BCUT2D eigenvalue weighted by Crippen LogP contribution is -2.19. The van der Waals surface area contributed by atoms with E-state index in [0.29, 0.717) is 13.2 Å². The molecule has 4 nitrogen and oxygen atoms in total. The van der Waals surface area contributed by atoms with Gasteiger partial charge < -0.3 is 19.4 Å². The highest BCUT2D eigenvalue weighted by molar-refractivity contribution is 14.1. The van der Waals surface area contributed by atoms with Gasteiger partial charge in [0.1, 0.15) is 18.1 Å². The molecule has 0 spiro atoms. The number of nitrogens with zero attached hydrogens (tertiary/aromatic N) is 1. The molecule has 1 aromatic carbocycles. The molecule has 108 valence electrons. The maximum atomic E-state index is 5.65. The Morgan fingerprint density at radius 1 is 1.15 bits per heavy atom. The number of furan rings is 1. The van der Waals surface area contributed by atoms with E-state index in [-0.39, 0.29) is 0 Å². The molecule has 0 fully saturated rings. The van der Waals surface area contributed by atoms with E-state index < -0.39 is 0 Å². The van der Waals surface area contributed by atoms with Gasteiger partial charge in [-0.1, -0.05) is 0 Å². The van der Waals surface area contributed by atoms with Gasteiger partial charge >= 0.3 is 0 Å². The first-order chi connectivity index (χ1) is 9.63. The fourth-order valence-electron chi connectivity index (χ4n) is 1.65.